The molecule has 0 radical (unpaired) electrons. The summed E-state index contributed by atoms with van der Waals surface area (Å²) in [5.74, 6) is 1.37. The number of ether oxygens (including phenoxy) is 1. The zero-order valence-corrected chi connectivity index (χ0v) is 12.8. The van der Waals surface area contributed by atoms with Gasteiger partial charge in [0.2, 0.25) is 5.91 Å². The van der Waals surface area contributed by atoms with Crippen molar-refractivity contribution in [3.8, 4) is 5.75 Å². The van der Waals surface area contributed by atoms with Crippen molar-refractivity contribution < 1.29 is 9.53 Å². The Morgan fingerprint density at radius 1 is 1.24 bits per heavy atom. The smallest absolute Gasteiger partial charge is 0.226 e. The van der Waals surface area contributed by atoms with Crippen molar-refractivity contribution in [1.29, 1.82) is 0 Å². The van der Waals surface area contributed by atoms with Crippen molar-refractivity contribution in [2.24, 2.45) is 5.92 Å². The largest absolute Gasteiger partial charge is 0.495 e. The van der Waals surface area contributed by atoms with Gasteiger partial charge in [-0.2, -0.15) is 0 Å². The van der Waals surface area contributed by atoms with E-state index in [4.69, 9.17) is 4.74 Å². The third-order valence-electron chi connectivity index (χ3n) is 4.83. The van der Waals surface area contributed by atoms with E-state index in [0.717, 1.165) is 43.7 Å². The SMILES string of the molecule is COc1cccnc1C1CCCN1C(=O)C1CCCCC1. The molecule has 1 saturated carbocycles. The first-order chi connectivity index (χ1) is 10.3. The van der Waals surface area contributed by atoms with Gasteiger partial charge in [0, 0.05) is 18.7 Å². The Balaban J connectivity index is 1.80. The summed E-state index contributed by atoms with van der Waals surface area (Å²) in [6, 6.07) is 3.91. The number of hydrogen-bond acceptors (Lipinski definition) is 3. The molecule has 0 bridgehead atoms. The molecule has 2 heterocycles. The maximum absolute atomic E-state index is 12.8. The summed E-state index contributed by atoms with van der Waals surface area (Å²) in [5, 5.41) is 0. The fraction of sp³-hybridized carbons (Fsp3) is 0.647. The zero-order valence-electron chi connectivity index (χ0n) is 12.8. The van der Waals surface area contributed by atoms with Gasteiger partial charge in [0.25, 0.3) is 0 Å². The number of rotatable bonds is 3. The van der Waals surface area contributed by atoms with Crippen LogP contribution in [0.5, 0.6) is 5.75 Å². The van der Waals surface area contributed by atoms with Crippen molar-refractivity contribution >= 4 is 5.91 Å². The highest BCUT2D eigenvalue weighted by atomic mass is 16.5. The molecule has 1 aromatic rings. The van der Waals surface area contributed by atoms with Gasteiger partial charge in [0.05, 0.1) is 13.2 Å². The third kappa shape index (κ3) is 2.89. The summed E-state index contributed by atoms with van der Waals surface area (Å²) in [5.41, 5.74) is 0.918. The van der Waals surface area contributed by atoms with Crippen LogP contribution in [0.15, 0.2) is 18.3 Å². The first-order valence-corrected chi connectivity index (χ1v) is 8.10. The fourth-order valence-corrected chi connectivity index (χ4v) is 3.72. The molecule has 1 aliphatic heterocycles. The van der Waals surface area contributed by atoms with Gasteiger partial charge in [-0.1, -0.05) is 19.3 Å². The maximum Gasteiger partial charge on any atom is 0.226 e. The minimum atomic E-state index is 0.0931. The lowest BCUT2D eigenvalue weighted by atomic mass is 9.88. The van der Waals surface area contributed by atoms with E-state index in [1.165, 1.54) is 19.3 Å². The quantitative estimate of drug-likeness (QED) is 0.856. The first-order valence-electron chi connectivity index (χ1n) is 8.10. The second-order valence-electron chi connectivity index (χ2n) is 6.12. The van der Waals surface area contributed by atoms with Gasteiger partial charge in [0.1, 0.15) is 11.4 Å². The Labute approximate surface area is 126 Å². The van der Waals surface area contributed by atoms with E-state index in [1.807, 2.05) is 12.1 Å². The molecule has 1 amide bonds. The number of nitrogens with zero attached hydrogens (tertiary/aromatic N) is 2. The van der Waals surface area contributed by atoms with Gasteiger partial charge in [-0.05, 0) is 37.8 Å². The molecule has 0 N–H and O–H groups in total. The molecule has 2 aliphatic rings. The number of hydrogen-bond donors (Lipinski definition) is 0. The molecule has 2 fully saturated rings. The Kier molecular flexibility index (Phi) is 4.42. The summed E-state index contributed by atoms with van der Waals surface area (Å²) in [4.78, 5) is 19.4. The lowest BCUT2D eigenvalue weighted by molar-refractivity contribution is -0.137. The summed E-state index contributed by atoms with van der Waals surface area (Å²) in [6.07, 6.45) is 9.63. The normalized spacial score (nSPS) is 23.3. The van der Waals surface area contributed by atoms with E-state index in [2.05, 4.69) is 9.88 Å². The highest BCUT2D eigenvalue weighted by molar-refractivity contribution is 5.79. The molecule has 1 atom stereocenters. The molecule has 1 aliphatic carbocycles. The van der Waals surface area contributed by atoms with Gasteiger partial charge >= 0.3 is 0 Å². The van der Waals surface area contributed by atoms with Crippen LogP contribution in [0.3, 0.4) is 0 Å². The Bertz CT molecular complexity index is 497. The molecule has 4 heteroatoms. The lowest BCUT2D eigenvalue weighted by Gasteiger charge is -2.30. The lowest BCUT2D eigenvalue weighted by Crippen LogP contribution is -2.37. The summed E-state index contributed by atoms with van der Waals surface area (Å²) in [6.45, 7) is 0.861. The molecule has 0 spiro atoms. The molecule has 114 valence electrons. The maximum atomic E-state index is 12.8. The first kappa shape index (κ1) is 14.4. The van der Waals surface area contributed by atoms with Crippen LogP contribution in [0.1, 0.15) is 56.7 Å². The molecular weight excluding hydrogens is 264 g/mol. The summed E-state index contributed by atoms with van der Waals surface area (Å²) in [7, 11) is 1.67. The van der Waals surface area contributed by atoms with Gasteiger partial charge < -0.3 is 9.64 Å². The third-order valence-corrected chi connectivity index (χ3v) is 4.83. The average molecular weight is 288 g/mol. The molecule has 1 unspecified atom stereocenters. The second kappa shape index (κ2) is 6.46. The Morgan fingerprint density at radius 2 is 2.05 bits per heavy atom. The second-order valence-corrected chi connectivity index (χ2v) is 6.12. The van der Waals surface area contributed by atoms with Gasteiger partial charge in [-0.25, -0.2) is 0 Å². The topological polar surface area (TPSA) is 42.4 Å². The number of methoxy groups -OCH3 is 1. The number of likely N-dealkylation sites (tertiary alicyclic amines) is 1. The molecule has 3 rings (SSSR count). The van der Waals surface area contributed by atoms with Crippen molar-refractivity contribution in [3.05, 3.63) is 24.0 Å². The average Bonchev–Trinajstić information content (AvgIpc) is 3.04. The molecular formula is C17H24N2O2. The highest BCUT2D eigenvalue weighted by Crippen LogP contribution is 2.38. The van der Waals surface area contributed by atoms with Crippen LogP contribution in [0.4, 0.5) is 0 Å². The minimum absolute atomic E-state index is 0.0931. The number of amides is 1. The number of pyridine rings is 1. The van der Waals surface area contributed by atoms with Crippen LogP contribution in [0, 0.1) is 5.92 Å². The standard InChI is InChI=1S/C17H24N2O2/c1-21-15-10-5-11-18-16(15)14-9-6-12-19(14)17(20)13-7-3-2-4-8-13/h5,10-11,13-14H,2-4,6-9,12H2,1H3. The number of aromatic nitrogens is 1. The molecule has 21 heavy (non-hydrogen) atoms. The van der Waals surface area contributed by atoms with E-state index < -0.39 is 0 Å². The van der Waals surface area contributed by atoms with E-state index in [1.54, 1.807) is 13.3 Å². The number of carbonyl (C=O) groups is 1. The Morgan fingerprint density at radius 3 is 2.81 bits per heavy atom. The van der Waals surface area contributed by atoms with E-state index in [0.29, 0.717) is 5.91 Å². The highest BCUT2D eigenvalue weighted by Gasteiger charge is 2.36. The fourth-order valence-electron chi connectivity index (χ4n) is 3.72. The van der Waals surface area contributed by atoms with Crippen molar-refractivity contribution in [3.63, 3.8) is 0 Å². The molecule has 4 nitrogen and oxygen atoms in total. The van der Waals surface area contributed by atoms with Crippen molar-refractivity contribution in [2.75, 3.05) is 13.7 Å². The van der Waals surface area contributed by atoms with Gasteiger partial charge in [0.15, 0.2) is 0 Å². The van der Waals surface area contributed by atoms with Gasteiger partial charge in [-0.3, -0.25) is 9.78 Å². The van der Waals surface area contributed by atoms with Crippen LogP contribution in [-0.2, 0) is 4.79 Å². The predicted octanol–water partition coefficient (Wildman–Crippen LogP) is 3.33. The van der Waals surface area contributed by atoms with Crippen molar-refractivity contribution in [2.45, 2.75) is 51.0 Å². The van der Waals surface area contributed by atoms with Crippen molar-refractivity contribution in [1.82, 2.24) is 9.88 Å². The monoisotopic (exact) mass is 288 g/mol. The van der Waals surface area contributed by atoms with Gasteiger partial charge in [-0.15, -0.1) is 0 Å². The molecule has 1 aromatic heterocycles. The summed E-state index contributed by atoms with van der Waals surface area (Å²) >= 11 is 0. The number of carbonyl (C=O) groups excluding carboxylic acids is 1. The zero-order chi connectivity index (χ0) is 14.7. The van der Waals surface area contributed by atoms with Crippen LogP contribution in [0.2, 0.25) is 0 Å². The van der Waals surface area contributed by atoms with E-state index in [-0.39, 0.29) is 12.0 Å². The van der Waals surface area contributed by atoms with Crippen LogP contribution >= 0.6 is 0 Å². The van der Waals surface area contributed by atoms with E-state index in [9.17, 15) is 4.79 Å². The minimum Gasteiger partial charge on any atom is -0.495 e. The van der Waals surface area contributed by atoms with Crippen LogP contribution in [0.25, 0.3) is 0 Å². The molecule has 0 aromatic carbocycles. The van der Waals surface area contributed by atoms with Crippen LogP contribution < -0.4 is 4.74 Å². The van der Waals surface area contributed by atoms with Crippen LogP contribution in [-0.4, -0.2) is 29.4 Å². The predicted molar refractivity (Wildman–Crippen MR) is 81.1 cm³/mol. The summed E-state index contributed by atoms with van der Waals surface area (Å²) < 4.78 is 5.43. The van der Waals surface area contributed by atoms with E-state index >= 15 is 0 Å². The molecule has 1 saturated heterocycles. The Hall–Kier alpha value is -1.58.